The standard InChI is InChI=1S/C17H20N2O2/c1-5-13-14-9-12(10-18)7-8-15(14)19(11(3)4)16(13)17(20)21-6-2/h7-9,11H,5-6H2,1-4H3. The van der Waals surface area contributed by atoms with Gasteiger partial charge >= 0.3 is 5.97 Å². The van der Waals surface area contributed by atoms with Crippen LogP contribution in [0.15, 0.2) is 18.2 Å². The second-order valence-corrected chi connectivity index (χ2v) is 5.21. The van der Waals surface area contributed by atoms with Gasteiger partial charge in [-0.25, -0.2) is 4.79 Å². The van der Waals surface area contributed by atoms with E-state index in [-0.39, 0.29) is 12.0 Å². The lowest BCUT2D eigenvalue weighted by molar-refractivity contribution is 0.0511. The Morgan fingerprint density at radius 2 is 2.10 bits per heavy atom. The molecule has 0 aliphatic carbocycles. The minimum atomic E-state index is -0.294. The van der Waals surface area contributed by atoms with Crippen LogP contribution in [0.5, 0.6) is 0 Å². The molecule has 0 amide bonds. The Morgan fingerprint density at radius 3 is 2.62 bits per heavy atom. The summed E-state index contributed by atoms with van der Waals surface area (Å²) < 4.78 is 7.23. The van der Waals surface area contributed by atoms with Crippen LogP contribution in [0.4, 0.5) is 0 Å². The zero-order valence-electron chi connectivity index (χ0n) is 12.9. The van der Waals surface area contributed by atoms with E-state index in [1.807, 2.05) is 37.5 Å². The molecule has 0 bridgehead atoms. The van der Waals surface area contributed by atoms with Crippen molar-refractivity contribution in [2.45, 2.75) is 40.2 Å². The van der Waals surface area contributed by atoms with Crippen LogP contribution in [0, 0.1) is 11.3 Å². The SMILES string of the molecule is CCOC(=O)c1c(CC)c2cc(C#N)ccc2n1C(C)C. The lowest BCUT2D eigenvalue weighted by Gasteiger charge is -2.14. The lowest BCUT2D eigenvalue weighted by atomic mass is 10.1. The molecular weight excluding hydrogens is 264 g/mol. The molecule has 2 rings (SSSR count). The zero-order chi connectivity index (χ0) is 15.6. The van der Waals surface area contributed by atoms with Gasteiger partial charge in [0.1, 0.15) is 5.69 Å². The van der Waals surface area contributed by atoms with Gasteiger partial charge in [0, 0.05) is 16.9 Å². The lowest BCUT2D eigenvalue weighted by Crippen LogP contribution is -2.15. The van der Waals surface area contributed by atoms with Gasteiger partial charge in [-0.1, -0.05) is 6.92 Å². The molecular formula is C17H20N2O2. The second kappa shape index (κ2) is 6.01. The highest BCUT2D eigenvalue weighted by Gasteiger charge is 2.24. The van der Waals surface area contributed by atoms with Crippen LogP contribution >= 0.6 is 0 Å². The van der Waals surface area contributed by atoms with Crippen LogP contribution in [-0.4, -0.2) is 17.1 Å². The zero-order valence-corrected chi connectivity index (χ0v) is 12.9. The van der Waals surface area contributed by atoms with Crippen molar-refractivity contribution in [1.29, 1.82) is 5.26 Å². The maximum Gasteiger partial charge on any atom is 0.355 e. The van der Waals surface area contributed by atoms with E-state index in [1.54, 1.807) is 13.0 Å². The Hall–Kier alpha value is -2.28. The Labute approximate surface area is 124 Å². The summed E-state index contributed by atoms with van der Waals surface area (Å²) >= 11 is 0. The first kappa shape index (κ1) is 15.1. The highest BCUT2D eigenvalue weighted by atomic mass is 16.5. The first-order valence-electron chi connectivity index (χ1n) is 7.29. The topological polar surface area (TPSA) is 55.0 Å². The molecule has 0 radical (unpaired) electrons. The fourth-order valence-electron chi connectivity index (χ4n) is 2.77. The van der Waals surface area contributed by atoms with E-state index in [0.717, 1.165) is 22.9 Å². The summed E-state index contributed by atoms with van der Waals surface area (Å²) in [6.07, 6.45) is 0.721. The molecule has 1 aromatic heterocycles. The van der Waals surface area contributed by atoms with Crippen LogP contribution < -0.4 is 0 Å². The molecule has 4 nitrogen and oxygen atoms in total. The van der Waals surface area contributed by atoms with Crippen LogP contribution in [-0.2, 0) is 11.2 Å². The maximum atomic E-state index is 12.4. The number of aryl methyl sites for hydroxylation is 1. The summed E-state index contributed by atoms with van der Waals surface area (Å²) in [6, 6.07) is 7.85. The quantitative estimate of drug-likeness (QED) is 0.802. The van der Waals surface area contributed by atoms with Crippen molar-refractivity contribution in [3.63, 3.8) is 0 Å². The predicted molar refractivity (Wildman–Crippen MR) is 82.4 cm³/mol. The molecule has 1 aromatic carbocycles. The molecule has 1 heterocycles. The Kier molecular flexibility index (Phi) is 4.32. The number of nitrogens with zero attached hydrogens (tertiary/aromatic N) is 2. The number of ether oxygens (including phenoxy) is 1. The van der Waals surface area contributed by atoms with Crippen molar-refractivity contribution in [2.24, 2.45) is 0 Å². The normalized spacial score (nSPS) is 10.9. The van der Waals surface area contributed by atoms with Gasteiger partial charge in [-0.2, -0.15) is 5.26 Å². The molecule has 0 atom stereocenters. The van der Waals surface area contributed by atoms with E-state index in [2.05, 4.69) is 6.07 Å². The summed E-state index contributed by atoms with van der Waals surface area (Å²) in [4.78, 5) is 12.4. The summed E-state index contributed by atoms with van der Waals surface area (Å²) in [5.41, 5.74) is 3.14. The van der Waals surface area contributed by atoms with Gasteiger partial charge in [-0.3, -0.25) is 0 Å². The summed E-state index contributed by atoms with van der Waals surface area (Å²) in [5, 5.41) is 10.1. The molecule has 110 valence electrons. The van der Waals surface area contributed by atoms with Crippen molar-refractivity contribution in [1.82, 2.24) is 4.57 Å². The van der Waals surface area contributed by atoms with Crippen molar-refractivity contribution in [3.8, 4) is 6.07 Å². The minimum absolute atomic E-state index is 0.139. The van der Waals surface area contributed by atoms with Crippen molar-refractivity contribution in [2.75, 3.05) is 6.61 Å². The highest BCUT2D eigenvalue weighted by Crippen LogP contribution is 2.31. The first-order valence-corrected chi connectivity index (χ1v) is 7.29. The summed E-state index contributed by atoms with van der Waals surface area (Å²) in [7, 11) is 0. The molecule has 0 fully saturated rings. The van der Waals surface area contributed by atoms with Gasteiger partial charge in [-0.05, 0) is 51.0 Å². The van der Waals surface area contributed by atoms with E-state index in [9.17, 15) is 4.79 Å². The number of aromatic nitrogens is 1. The molecule has 0 saturated carbocycles. The first-order chi connectivity index (χ1) is 10.0. The number of carbonyl (C=O) groups excluding carboxylic acids is 1. The molecule has 2 aromatic rings. The van der Waals surface area contributed by atoms with Crippen LogP contribution in [0.3, 0.4) is 0 Å². The van der Waals surface area contributed by atoms with Gasteiger partial charge in [0.25, 0.3) is 0 Å². The Bertz CT molecular complexity index is 720. The Balaban J connectivity index is 2.84. The molecule has 0 saturated heterocycles. The average molecular weight is 284 g/mol. The van der Waals surface area contributed by atoms with Gasteiger partial charge in [0.05, 0.1) is 18.2 Å². The van der Waals surface area contributed by atoms with E-state index in [1.165, 1.54) is 0 Å². The van der Waals surface area contributed by atoms with Crippen LogP contribution in [0.25, 0.3) is 10.9 Å². The summed E-state index contributed by atoms with van der Waals surface area (Å²) in [5.74, 6) is -0.294. The van der Waals surface area contributed by atoms with E-state index >= 15 is 0 Å². The fraction of sp³-hybridized carbons (Fsp3) is 0.412. The number of rotatable bonds is 4. The van der Waals surface area contributed by atoms with Crippen molar-refractivity contribution in [3.05, 3.63) is 35.0 Å². The van der Waals surface area contributed by atoms with Crippen molar-refractivity contribution >= 4 is 16.9 Å². The number of benzene rings is 1. The number of nitriles is 1. The largest absolute Gasteiger partial charge is 0.461 e. The molecule has 21 heavy (non-hydrogen) atoms. The van der Waals surface area contributed by atoms with Crippen LogP contribution in [0.2, 0.25) is 0 Å². The van der Waals surface area contributed by atoms with E-state index in [0.29, 0.717) is 17.9 Å². The smallest absolute Gasteiger partial charge is 0.355 e. The fourth-order valence-corrected chi connectivity index (χ4v) is 2.77. The third-order valence-corrected chi connectivity index (χ3v) is 3.58. The molecule has 4 heteroatoms. The monoisotopic (exact) mass is 284 g/mol. The van der Waals surface area contributed by atoms with Gasteiger partial charge < -0.3 is 9.30 Å². The highest BCUT2D eigenvalue weighted by molar-refractivity contribution is 5.99. The third kappa shape index (κ3) is 2.52. The summed E-state index contributed by atoms with van der Waals surface area (Å²) in [6.45, 7) is 8.26. The van der Waals surface area contributed by atoms with E-state index in [4.69, 9.17) is 10.00 Å². The molecule has 0 N–H and O–H groups in total. The molecule has 0 aliphatic rings. The third-order valence-electron chi connectivity index (χ3n) is 3.58. The number of hydrogen-bond acceptors (Lipinski definition) is 3. The van der Waals surface area contributed by atoms with Gasteiger partial charge in [-0.15, -0.1) is 0 Å². The second-order valence-electron chi connectivity index (χ2n) is 5.21. The number of hydrogen-bond donors (Lipinski definition) is 0. The van der Waals surface area contributed by atoms with Crippen molar-refractivity contribution < 1.29 is 9.53 Å². The van der Waals surface area contributed by atoms with Crippen LogP contribution in [0.1, 0.15) is 55.4 Å². The van der Waals surface area contributed by atoms with E-state index < -0.39 is 0 Å². The van der Waals surface area contributed by atoms with Gasteiger partial charge in [0.2, 0.25) is 0 Å². The Morgan fingerprint density at radius 1 is 1.38 bits per heavy atom. The number of esters is 1. The molecule has 0 spiro atoms. The molecule has 0 unspecified atom stereocenters. The predicted octanol–water partition coefficient (Wildman–Crippen LogP) is 3.83. The minimum Gasteiger partial charge on any atom is -0.461 e. The average Bonchev–Trinajstić information content (AvgIpc) is 2.80. The number of fused-ring (bicyclic) bond motifs is 1. The number of carbonyl (C=O) groups is 1. The van der Waals surface area contributed by atoms with Gasteiger partial charge in [0.15, 0.2) is 0 Å². The molecule has 0 aliphatic heterocycles. The maximum absolute atomic E-state index is 12.4.